The molecule has 4 heterocycles. The third-order valence-electron chi connectivity index (χ3n) is 4.03. The molecular weight excluding hydrogens is 266 g/mol. The Morgan fingerprint density at radius 3 is 3.10 bits per heavy atom. The van der Waals surface area contributed by atoms with E-state index in [0.29, 0.717) is 11.7 Å². The van der Waals surface area contributed by atoms with Crippen LogP contribution in [0.1, 0.15) is 24.5 Å². The van der Waals surface area contributed by atoms with E-state index in [-0.39, 0.29) is 0 Å². The van der Waals surface area contributed by atoms with Gasteiger partial charge in [-0.1, -0.05) is 0 Å². The number of H-pyrrole nitrogens is 1. The minimum atomic E-state index is 0.413. The summed E-state index contributed by atoms with van der Waals surface area (Å²) in [7, 11) is 0. The smallest absolute Gasteiger partial charge is 0.167 e. The van der Waals surface area contributed by atoms with Crippen LogP contribution in [-0.4, -0.2) is 37.9 Å². The molecule has 1 saturated heterocycles. The highest BCUT2D eigenvalue weighted by atomic mass is 15.3. The molecule has 1 fully saturated rings. The van der Waals surface area contributed by atoms with E-state index in [9.17, 15) is 0 Å². The van der Waals surface area contributed by atoms with Gasteiger partial charge in [-0.2, -0.15) is 14.7 Å². The second-order valence-corrected chi connectivity index (χ2v) is 5.41. The highest BCUT2D eigenvalue weighted by Gasteiger charge is 2.20. The molecule has 108 valence electrons. The fourth-order valence-corrected chi connectivity index (χ4v) is 2.92. The Kier molecular flexibility index (Phi) is 2.85. The number of hydrogen-bond acceptors (Lipinski definition) is 5. The second kappa shape index (κ2) is 4.85. The molecular formula is C14H17N7. The number of nitrogens with one attached hydrogen (secondary N) is 2. The average Bonchev–Trinajstić information content (AvgIpc) is 3.16. The van der Waals surface area contributed by atoms with Gasteiger partial charge in [-0.15, -0.1) is 0 Å². The Morgan fingerprint density at radius 2 is 2.33 bits per heavy atom. The third kappa shape index (κ3) is 2.06. The molecule has 0 aliphatic carbocycles. The molecule has 7 heteroatoms. The molecule has 0 amide bonds. The van der Waals surface area contributed by atoms with Crippen LogP contribution in [0.15, 0.2) is 24.5 Å². The van der Waals surface area contributed by atoms with Crippen molar-refractivity contribution in [2.45, 2.75) is 18.8 Å². The zero-order chi connectivity index (χ0) is 14.2. The molecule has 4 N–H and O–H groups in total. The van der Waals surface area contributed by atoms with Crippen molar-refractivity contribution < 1.29 is 0 Å². The Labute approximate surface area is 121 Å². The third-order valence-corrected chi connectivity index (χ3v) is 4.03. The van der Waals surface area contributed by atoms with E-state index in [0.717, 1.165) is 42.1 Å². The maximum absolute atomic E-state index is 6.14. The van der Waals surface area contributed by atoms with Crippen molar-refractivity contribution in [2.24, 2.45) is 0 Å². The van der Waals surface area contributed by atoms with Gasteiger partial charge < -0.3 is 11.1 Å². The van der Waals surface area contributed by atoms with Crippen LogP contribution in [-0.2, 0) is 0 Å². The number of aromatic nitrogens is 5. The summed E-state index contributed by atoms with van der Waals surface area (Å²) in [5.41, 5.74) is 9.78. The van der Waals surface area contributed by atoms with E-state index < -0.39 is 0 Å². The summed E-state index contributed by atoms with van der Waals surface area (Å²) >= 11 is 0. The predicted molar refractivity (Wildman–Crippen MR) is 79.8 cm³/mol. The summed E-state index contributed by atoms with van der Waals surface area (Å²) in [6.07, 6.45) is 5.81. The van der Waals surface area contributed by atoms with E-state index in [1.807, 2.05) is 12.1 Å². The Balaban J connectivity index is 1.85. The summed E-state index contributed by atoms with van der Waals surface area (Å²) in [5.74, 6) is 1.03. The Morgan fingerprint density at radius 1 is 1.38 bits per heavy atom. The number of nitrogen functional groups attached to an aromatic ring is 1. The molecule has 7 nitrogen and oxygen atoms in total. The lowest BCUT2D eigenvalue weighted by Crippen LogP contribution is -2.29. The maximum Gasteiger partial charge on any atom is 0.167 e. The molecule has 1 unspecified atom stereocenters. The Bertz CT molecular complexity index is 753. The molecule has 0 spiro atoms. The van der Waals surface area contributed by atoms with Crippen LogP contribution in [0.5, 0.6) is 0 Å². The standard InChI is InChI=1S/C14H17N7/c15-13-6-12(9-2-1-4-16-7-9)19-14-10(8-18-21(13)14)11-3-5-17-20-11/h3,5-6,8-9,16H,1-2,4,7,15H2,(H,17,20). The van der Waals surface area contributed by atoms with Crippen LogP contribution >= 0.6 is 0 Å². The lowest BCUT2D eigenvalue weighted by molar-refractivity contribution is 0.455. The minimum Gasteiger partial charge on any atom is -0.384 e. The van der Waals surface area contributed by atoms with Gasteiger partial charge in [-0.25, -0.2) is 4.98 Å². The first kappa shape index (κ1) is 12.3. The summed E-state index contributed by atoms with van der Waals surface area (Å²) in [6.45, 7) is 2.04. The average molecular weight is 283 g/mol. The first-order valence-electron chi connectivity index (χ1n) is 7.17. The molecule has 1 atom stereocenters. The van der Waals surface area contributed by atoms with Crippen molar-refractivity contribution >= 4 is 11.5 Å². The largest absolute Gasteiger partial charge is 0.384 e. The number of fused-ring (bicyclic) bond motifs is 1. The zero-order valence-corrected chi connectivity index (χ0v) is 11.6. The topological polar surface area (TPSA) is 96.9 Å². The highest BCUT2D eigenvalue weighted by Crippen LogP contribution is 2.27. The van der Waals surface area contributed by atoms with Crippen molar-refractivity contribution in [2.75, 3.05) is 18.8 Å². The van der Waals surface area contributed by atoms with Gasteiger partial charge in [0.05, 0.1) is 23.1 Å². The molecule has 21 heavy (non-hydrogen) atoms. The first-order chi connectivity index (χ1) is 10.3. The van der Waals surface area contributed by atoms with Crippen LogP contribution in [0.25, 0.3) is 16.9 Å². The fraction of sp³-hybridized carbons (Fsp3) is 0.357. The fourth-order valence-electron chi connectivity index (χ4n) is 2.92. The van der Waals surface area contributed by atoms with E-state index in [4.69, 9.17) is 10.7 Å². The van der Waals surface area contributed by atoms with Gasteiger partial charge in [0.25, 0.3) is 0 Å². The van der Waals surface area contributed by atoms with Gasteiger partial charge in [0, 0.05) is 24.7 Å². The predicted octanol–water partition coefficient (Wildman–Crippen LogP) is 1.17. The van der Waals surface area contributed by atoms with Crippen molar-refractivity contribution in [3.05, 3.63) is 30.2 Å². The van der Waals surface area contributed by atoms with Crippen LogP contribution in [0.4, 0.5) is 5.82 Å². The molecule has 0 bridgehead atoms. The summed E-state index contributed by atoms with van der Waals surface area (Å²) in [6, 6.07) is 3.85. The molecule has 0 aromatic carbocycles. The van der Waals surface area contributed by atoms with Gasteiger partial charge in [-0.3, -0.25) is 5.10 Å². The van der Waals surface area contributed by atoms with Crippen molar-refractivity contribution in [1.82, 2.24) is 30.1 Å². The summed E-state index contributed by atoms with van der Waals surface area (Å²) in [5, 5.41) is 14.7. The molecule has 4 rings (SSSR count). The molecule has 0 radical (unpaired) electrons. The second-order valence-electron chi connectivity index (χ2n) is 5.41. The van der Waals surface area contributed by atoms with Gasteiger partial charge in [0.15, 0.2) is 5.65 Å². The van der Waals surface area contributed by atoms with Crippen molar-refractivity contribution in [1.29, 1.82) is 0 Å². The molecule has 1 aliphatic rings. The van der Waals surface area contributed by atoms with Crippen LogP contribution < -0.4 is 11.1 Å². The number of hydrogen-bond donors (Lipinski definition) is 3. The van der Waals surface area contributed by atoms with E-state index >= 15 is 0 Å². The molecule has 3 aromatic rings. The van der Waals surface area contributed by atoms with Crippen LogP contribution in [0.2, 0.25) is 0 Å². The monoisotopic (exact) mass is 283 g/mol. The number of anilines is 1. The molecule has 1 aliphatic heterocycles. The zero-order valence-electron chi connectivity index (χ0n) is 11.6. The number of nitrogens with zero attached hydrogens (tertiary/aromatic N) is 4. The quantitative estimate of drug-likeness (QED) is 0.656. The van der Waals surface area contributed by atoms with Crippen molar-refractivity contribution in [3.8, 4) is 11.3 Å². The summed E-state index contributed by atoms with van der Waals surface area (Å²) in [4.78, 5) is 4.81. The molecule has 3 aromatic heterocycles. The highest BCUT2D eigenvalue weighted by molar-refractivity contribution is 5.75. The number of aromatic amines is 1. The van der Waals surface area contributed by atoms with Crippen LogP contribution in [0.3, 0.4) is 0 Å². The Hall–Kier alpha value is -2.41. The van der Waals surface area contributed by atoms with Gasteiger partial charge in [-0.05, 0) is 25.5 Å². The van der Waals surface area contributed by atoms with Crippen LogP contribution in [0, 0.1) is 0 Å². The minimum absolute atomic E-state index is 0.413. The van der Waals surface area contributed by atoms with E-state index in [2.05, 4.69) is 20.6 Å². The summed E-state index contributed by atoms with van der Waals surface area (Å²) < 4.78 is 1.68. The SMILES string of the molecule is Nc1cc(C2CCCNC2)nc2c(-c3ccn[nH]3)cnn12. The number of nitrogens with two attached hydrogens (primary N) is 1. The van der Waals surface area contributed by atoms with Crippen molar-refractivity contribution in [3.63, 3.8) is 0 Å². The number of piperidine rings is 1. The lowest BCUT2D eigenvalue weighted by Gasteiger charge is -2.22. The van der Waals surface area contributed by atoms with Gasteiger partial charge in [0.1, 0.15) is 5.82 Å². The lowest BCUT2D eigenvalue weighted by atomic mass is 9.96. The van der Waals surface area contributed by atoms with E-state index in [1.165, 1.54) is 6.42 Å². The van der Waals surface area contributed by atoms with E-state index in [1.54, 1.807) is 16.9 Å². The number of rotatable bonds is 2. The normalized spacial score (nSPS) is 19.1. The maximum atomic E-state index is 6.14. The van der Waals surface area contributed by atoms with Gasteiger partial charge in [0.2, 0.25) is 0 Å². The first-order valence-corrected chi connectivity index (χ1v) is 7.17. The molecule has 0 saturated carbocycles. The van der Waals surface area contributed by atoms with Gasteiger partial charge >= 0.3 is 0 Å².